The number of hydrogen-bond acceptors (Lipinski definition) is 4. The molecule has 0 spiro atoms. The molecule has 0 aliphatic rings. The number of hydrogen-bond donors (Lipinski definition) is 2. The lowest BCUT2D eigenvalue weighted by atomic mass is 9.94. The number of unbranched alkanes of at least 4 members (excludes halogenated alkanes) is 1. The number of benzene rings is 2. The first-order valence-electron chi connectivity index (χ1n) is 9.68. The molecule has 28 heavy (non-hydrogen) atoms. The first kappa shape index (κ1) is 21.6. The monoisotopic (exact) mass is 377 g/mol. The fourth-order valence-electron chi connectivity index (χ4n) is 2.75. The van der Waals surface area contributed by atoms with E-state index in [0.717, 1.165) is 30.5 Å². The Morgan fingerprint density at radius 1 is 1.00 bits per heavy atom. The van der Waals surface area contributed by atoms with E-state index in [1.165, 1.54) is 0 Å². The van der Waals surface area contributed by atoms with Crippen LogP contribution < -0.4 is 5.32 Å². The summed E-state index contributed by atoms with van der Waals surface area (Å²) in [7, 11) is 0. The molecule has 0 radical (unpaired) electrons. The van der Waals surface area contributed by atoms with Gasteiger partial charge in [0, 0.05) is 35.6 Å². The summed E-state index contributed by atoms with van der Waals surface area (Å²) in [6.45, 7) is 2.76. The quantitative estimate of drug-likeness (QED) is 0.379. The van der Waals surface area contributed by atoms with Crippen LogP contribution in [0.3, 0.4) is 0 Å². The van der Waals surface area contributed by atoms with Gasteiger partial charge in [0.2, 0.25) is 0 Å². The number of ketones is 2. The summed E-state index contributed by atoms with van der Waals surface area (Å²) < 4.78 is 0. The van der Waals surface area contributed by atoms with E-state index in [-0.39, 0.29) is 18.0 Å². The molecule has 146 valence electrons. The molecule has 0 fully saturated rings. The zero-order valence-corrected chi connectivity index (χ0v) is 16.3. The van der Waals surface area contributed by atoms with Crippen LogP contribution in [0.5, 0.6) is 0 Å². The Morgan fingerprint density at radius 2 is 1.64 bits per heavy atom. The lowest BCUT2D eigenvalue weighted by Crippen LogP contribution is -2.32. The van der Waals surface area contributed by atoms with Crippen molar-refractivity contribution < 1.29 is 14.7 Å². The third-order valence-corrected chi connectivity index (χ3v) is 4.47. The summed E-state index contributed by atoms with van der Waals surface area (Å²) >= 11 is 0. The summed E-state index contributed by atoms with van der Waals surface area (Å²) in [5, 5.41) is 12.4. The van der Waals surface area contributed by atoms with Crippen LogP contribution in [0.2, 0.25) is 0 Å². The number of carbonyl (C=O) groups is 2. The number of aliphatic hydroxyl groups excluding tert-OH is 1. The lowest BCUT2D eigenvalue weighted by Gasteiger charge is -2.15. The number of rotatable bonds is 10. The number of Topliss-reactive ketones (excluding diaryl/α,β-unsaturated/α-hetero) is 2. The van der Waals surface area contributed by atoms with Crippen LogP contribution in [0.1, 0.15) is 47.7 Å². The van der Waals surface area contributed by atoms with Crippen molar-refractivity contribution in [3.8, 4) is 11.8 Å². The Morgan fingerprint density at radius 3 is 2.25 bits per heavy atom. The summed E-state index contributed by atoms with van der Waals surface area (Å²) in [5.41, 5.74) is 2.31. The minimum atomic E-state index is -0.540. The van der Waals surface area contributed by atoms with Crippen molar-refractivity contribution in [2.24, 2.45) is 5.92 Å². The second-order valence-electron chi connectivity index (χ2n) is 6.70. The predicted octanol–water partition coefficient (Wildman–Crippen LogP) is 3.23. The van der Waals surface area contributed by atoms with Crippen molar-refractivity contribution in [3.05, 3.63) is 71.3 Å². The Labute approximate surface area is 167 Å². The first-order valence-corrected chi connectivity index (χ1v) is 9.68. The molecule has 4 heteroatoms. The van der Waals surface area contributed by atoms with Crippen LogP contribution in [0.4, 0.5) is 0 Å². The van der Waals surface area contributed by atoms with Crippen LogP contribution >= 0.6 is 0 Å². The van der Waals surface area contributed by atoms with Gasteiger partial charge in [-0.3, -0.25) is 9.59 Å². The topological polar surface area (TPSA) is 66.4 Å². The van der Waals surface area contributed by atoms with Gasteiger partial charge >= 0.3 is 0 Å². The number of nitrogens with one attached hydrogen (secondary N) is 1. The van der Waals surface area contributed by atoms with Gasteiger partial charge in [-0.15, -0.1) is 0 Å². The summed E-state index contributed by atoms with van der Waals surface area (Å²) in [5.74, 6) is 5.24. The molecular formula is C24H27NO3. The van der Waals surface area contributed by atoms with E-state index in [9.17, 15) is 14.7 Å². The Balaban J connectivity index is 1.98. The average molecular weight is 377 g/mol. The molecule has 0 aliphatic heterocycles. The second-order valence-corrected chi connectivity index (χ2v) is 6.70. The third-order valence-electron chi connectivity index (χ3n) is 4.47. The van der Waals surface area contributed by atoms with E-state index in [1.807, 2.05) is 42.5 Å². The maximum atomic E-state index is 12.6. The van der Waals surface area contributed by atoms with Crippen molar-refractivity contribution in [1.29, 1.82) is 0 Å². The molecule has 2 rings (SSSR count). The van der Waals surface area contributed by atoms with Crippen molar-refractivity contribution in [1.82, 2.24) is 5.32 Å². The molecule has 0 aromatic heterocycles. The van der Waals surface area contributed by atoms with Crippen LogP contribution in [-0.4, -0.2) is 36.4 Å². The van der Waals surface area contributed by atoms with Gasteiger partial charge in [0.15, 0.2) is 11.6 Å². The second kappa shape index (κ2) is 11.9. The van der Waals surface area contributed by atoms with E-state index < -0.39 is 12.5 Å². The minimum absolute atomic E-state index is 0.0908. The highest BCUT2D eigenvalue weighted by molar-refractivity contribution is 5.99. The molecule has 0 unspecified atom stereocenters. The molecule has 4 nitrogen and oxygen atoms in total. The fourth-order valence-corrected chi connectivity index (χ4v) is 2.75. The molecule has 0 bridgehead atoms. The lowest BCUT2D eigenvalue weighted by molar-refractivity contribution is -0.125. The SMILES string of the molecule is CCCCNC[C@H](CC(=O)c1ccc(C#Cc2ccccc2)cc1)C(=O)CO. The molecule has 0 heterocycles. The minimum Gasteiger partial charge on any atom is -0.389 e. The fraction of sp³-hybridized carbons (Fsp3) is 0.333. The molecular weight excluding hydrogens is 350 g/mol. The highest BCUT2D eigenvalue weighted by Gasteiger charge is 2.21. The van der Waals surface area contributed by atoms with Crippen molar-refractivity contribution in [2.45, 2.75) is 26.2 Å². The van der Waals surface area contributed by atoms with E-state index in [0.29, 0.717) is 12.1 Å². The molecule has 0 saturated heterocycles. The predicted molar refractivity (Wildman–Crippen MR) is 111 cm³/mol. The Kier molecular flexibility index (Phi) is 9.14. The largest absolute Gasteiger partial charge is 0.389 e. The van der Waals surface area contributed by atoms with Gasteiger partial charge in [-0.1, -0.05) is 55.5 Å². The molecule has 2 aromatic carbocycles. The van der Waals surface area contributed by atoms with E-state index in [4.69, 9.17) is 0 Å². The highest BCUT2D eigenvalue weighted by Crippen LogP contribution is 2.12. The molecule has 2 aromatic rings. The summed E-state index contributed by atoms with van der Waals surface area (Å²) in [6.07, 6.45) is 2.16. The van der Waals surface area contributed by atoms with Crippen LogP contribution in [0.15, 0.2) is 54.6 Å². The van der Waals surface area contributed by atoms with Gasteiger partial charge in [-0.25, -0.2) is 0 Å². The highest BCUT2D eigenvalue weighted by atomic mass is 16.3. The smallest absolute Gasteiger partial charge is 0.163 e. The van der Waals surface area contributed by atoms with Crippen molar-refractivity contribution >= 4 is 11.6 Å². The van der Waals surface area contributed by atoms with Gasteiger partial charge < -0.3 is 10.4 Å². The van der Waals surface area contributed by atoms with Crippen molar-refractivity contribution in [2.75, 3.05) is 19.7 Å². The summed E-state index contributed by atoms with van der Waals surface area (Å²) in [6, 6.07) is 16.8. The van der Waals surface area contributed by atoms with Crippen LogP contribution in [0.25, 0.3) is 0 Å². The Hall–Kier alpha value is -2.74. The number of carbonyl (C=O) groups excluding carboxylic acids is 2. The van der Waals surface area contributed by atoms with Gasteiger partial charge in [-0.05, 0) is 37.2 Å². The normalized spacial score (nSPS) is 11.4. The van der Waals surface area contributed by atoms with Gasteiger partial charge in [0.1, 0.15) is 6.61 Å². The van der Waals surface area contributed by atoms with E-state index >= 15 is 0 Å². The van der Waals surface area contributed by atoms with E-state index in [1.54, 1.807) is 12.1 Å². The van der Waals surface area contributed by atoms with Crippen molar-refractivity contribution in [3.63, 3.8) is 0 Å². The molecule has 2 N–H and O–H groups in total. The Bertz CT molecular complexity index is 816. The molecule has 0 saturated carbocycles. The zero-order valence-electron chi connectivity index (χ0n) is 16.3. The standard InChI is InChI=1S/C24H27NO3/c1-2-3-15-25-17-22(24(28)18-26)16-23(27)21-13-11-20(12-14-21)10-9-19-7-5-4-6-8-19/h4-8,11-14,22,25-26H,2-3,15-18H2,1H3/t22-/m0/s1. The maximum Gasteiger partial charge on any atom is 0.163 e. The molecule has 1 atom stereocenters. The zero-order chi connectivity index (χ0) is 20.2. The number of aliphatic hydroxyl groups is 1. The molecule has 0 amide bonds. The van der Waals surface area contributed by atoms with Gasteiger partial charge in [0.05, 0.1) is 0 Å². The van der Waals surface area contributed by atoms with Crippen LogP contribution in [-0.2, 0) is 4.79 Å². The third kappa shape index (κ3) is 7.11. The first-order chi connectivity index (χ1) is 13.6. The average Bonchev–Trinajstić information content (AvgIpc) is 2.74. The van der Waals surface area contributed by atoms with Crippen LogP contribution in [0, 0.1) is 17.8 Å². The van der Waals surface area contributed by atoms with E-state index in [2.05, 4.69) is 24.1 Å². The van der Waals surface area contributed by atoms with Gasteiger partial charge in [0.25, 0.3) is 0 Å². The summed E-state index contributed by atoms with van der Waals surface area (Å²) in [4.78, 5) is 24.5. The maximum absolute atomic E-state index is 12.6. The molecule has 0 aliphatic carbocycles. The van der Waals surface area contributed by atoms with Gasteiger partial charge in [-0.2, -0.15) is 0 Å².